The number of unbranched alkanes of at least 4 members (excludes halogenated alkanes) is 1. The van der Waals surface area contributed by atoms with Crippen LogP contribution in [-0.2, 0) is 14.4 Å². The van der Waals surface area contributed by atoms with E-state index in [2.05, 4.69) is 21.2 Å². The summed E-state index contributed by atoms with van der Waals surface area (Å²) < 4.78 is 24.7. The summed E-state index contributed by atoms with van der Waals surface area (Å²) in [6, 6.07) is 8.76. The van der Waals surface area contributed by atoms with Gasteiger partial charge in [-0.05, 0) is 43.2 Å². The molecule has 9 nitrogen and oxygen atoms in total. The molecule has 0 aliphatic carbocycles. The Bertz CT molecular complexity index is 1050. The van der Waals surface area contributed by atoms with Crippen molar-refractivity contribution in [2.75, 3.05) is 25.1 Å². The third kappa shape index (κ3) is 8.36. The monoisotopic (exact) mass is 492 g/mol. The van der Waals surface area contributed by atoms with Crippen LogP contribution in [0.4, 0.5) is 10.1 Å². The van der Waals surface area contributed by atoms with Crippen LogP contribution in [0, 0.1) is 5.82 Å². The van der Waals surface area contributed by atoms with Gasteiger partial charge in [0, 0.05) is 6.54 Å². The lowest BCUT2D eigenvalue weighted by atomic mass is 10.2. The van der Waals surface area contributed by atoms with Crippen LogP contribution in [-0.4, -0.2) is 43.7 Å². The number of amides is 3. The fourth-order valence-electron chi connectivity index (χ4n) is 2.63. The highest BCUT2D eigenvalue weighted by Gasteiger charge is 2.15. The minimum absolute atomic E-state index is 0.0277. The first kappa shape index (κ1) is 26.6. The van der Waals surface area contributed by atoms with Gasteiger partial charge in [-0.1, -0.05) is 37.1 Å². The Kier molecular flexibility index (Phi) is 10.8. The Morgan fingerprint density at radius 3 is 2.59 bits per heavy atom. The quantitative estimate of drug-likeness (QED) is 0.192. The average Bonchev–Trinajstić information content (AvgIpc) is 2.80. The highest BCUT2D eigenvalue weighted by atomic mass is 35.5. The van der Waals surface area contributed by atoms with Crippen molar-refractivity contribution in [1.82, 2.24) is 10.7 Å². The SMILES string of the molecule is CCCCNC(=O)C(=O)N/N=C\c1cc(Cl)c(OCC(=O)Nc2ccccc2F)c(OCC)c1. The van der Waals surface area contributed by atoms with Crippen LogP contribution in [0.3, 0.4) is 0 Å². The van der Waals surface area contributed by atoms with E-state index in [0.717, 1.165) is 12.8 Å². The van der Waals surface area contributed by atoms with Crippen molar-refractivity contribution in [3.8, 4) is 11.5 Å². The van der Waals surface area contributed by atoms with Crippen molar-refractivity contribution in [2.45, 2.75) is 26.7 Å². The molecule has 2 aromatic rings. The van der Waals surface area contributed by atoms with Crippen molar-refractivity contribution in [3.63, 3.8) is 0 Å². The van der Waals surface area contributed by atoms with Gasteiger partial charge in [-0.2, -0.15) is 5.10 Å². The van der Waals surface area contributed by atoms with E-state index in [-0.39, 0.29) is 28.8 Å². The van der Waals surface area contributed by atoms with Gasteiger partial charge in [0.2, 0.25) is 0 Å². The first-order chi connectivity index (χ1) is 16.3. The summed E-state index contributed by atoms with van der Waals surface area (Å²) in [6.07, 6.45) is 2.93. The molecule has 0 unspecified atom stereocenters. The van der Waals surface area contributed by atoms with E-state index in [9.17, 15) is 18.8 Å². The van der Waals surface area contributed by atoms with Crippen LogP contribution < -0.4 is 25.5 Å². The summed E-state index contributed by atoms with van der Waals surface area (Å²) in [5, 5.41) is 8.76. The molecule has 3 N–H and O–H groups in total. The maximum Gasteiger partial charge on any atom is 0.329 e. The van der Waals surface area contributed by atoms with Gasteiger partial charge < -0.3 is 20.1 Å². The molecule has 2 rings (SSSR count). The highest BCUT2D eigenvalue weighted by Crippen LogP contribution is 2.36. The van der Waals surface area contributed by atoms with E-state index >= 15 is 0 Å². The van der Waals surface area contributed by atoms with Crippen LogP contribution in [0.1, 0.15) is 32.3 Å². The minimum atomic E-state index is -0.899. The Morgan fingerprint density at radius 2 is 1.88 bits per heavy atom. The van der Waals surface area contributed by atoms with Crippen molar-refractivity contribution in [1.29, 1.82) is 0 Å². The van der Waals surface area contributed by atoms with Gasteiger partial charge in [0.05, 0.1) is 23.5 Å². The molecular formula is C23H26ClFN4O5. The Morgan fingerprint density at radius 1 is 1.12 bits per heavy atom. The van der Waals surface area contributed by atoms with E-state index in [1.54, 1.807) is 13.0 Å². The van der Waals surface area contributed by atoms with Gasteiger partial charge in [-0.15, -0.1) is 0 Å². The van der Waals surface area contributed by atoms with Gasteiger partial charge in [0.15, 0.2) is 18.1 Å². The molecule has 0 aromatic heterocycles. The van der Waals surface area contributed by atoms with Gasteiger partial charge in [-0.25, -0.2) is 9.82 Å². The number of rotatable bonds is 11. The van der Waals surface area contributed by atoms with E-state index in [0.29, 0.717) is 12.1 Å². The number of halogens is 2. The lowest BCUT2D eigenvalue weighted by Gasteiger charge is -2.14. The second kappa shape index (κ2) is 13.8. The standard InChI is InChI=1S/C23H26ClFN4O5/c1-3-5-10-26-22(31)23(32)29-27-13-15-11-16(24)21(19(12-15)33-4-2)34-14-20(30)28-18-9-7-6-8-17(18)25/h6-9,11-13H,3-5,10,14H2,1-2H3,(H,26,31)(H,28,30)(H,29,32)/b27-13-. The number of carbonyl (C=O) groups is 3. The lowest BCUT2D eigenvalue weighted by Crippen LogP contribution is -2.38. The van der Waals surface area contributed by atoms with Crippen LogP contribution in [0.5, 0.6) is 11.5 Å². The van der Waals surface area contributed by atoms with E-state index < -0.39 is 30.1 Å². The Labute approximate surface area is 201 Å². The molecule has 11 heteroatoms. The maximum atomic E-state index is 13.7. The molecule has 0 saturated heterocycles. The van der Waals surface area contributed by atoms with Gasteiger partial charge in [0.1, 0.15) is 5.82 Å². The topological polar surface area (TPSA) is 118 Å². The molecule has 0 atom stereocenters. The number of nitrogens with one attached hydrogen (secondary N) is 3. The zero-order chi connectivity index (χ0) is 24.9. The van der Waals surface area contributed by atoms with Gasteiger partial charge >= 0.3 is 11.8 Å². The first-order valence-corrected chi connectivity index (χ1v) is 11.0. The van der Waals surface area contributed by atoms with Gasteiger partial charge in [-0.3, -0.25) is 14.4 Å². The number of carbonyl (C=O) groups excluding carboxylic acids is 3. The number of anilines is 1. The van der Waals surface area contributed by atoms with E-state index in [1.165, 1.54) is 36.5 Å². The molecule has 0 radical (unpaired) electrons. The second-order valence-electron chi connectivity index (χ2n) is 6.89. The van der Waals surface area contributed by atoms with Crippen molar-refractivity contribution in [3.05, 3.63) is 52.8 Å². The van der Waals surface area contributed by atoms with Crippen LogP contribution in [0.15, 0.2) is 41.5 Å². The van der Waals surface area contributed by atoms with Crippen molar-refractivity contribution in [2.24, 2.45) is 5.10 Å². The Hall–Kier alpha value is -3.66. The fourth-order valence-corrected chi connectivity index (χ4v) is 2.90. The number of nitrogens with zero attached hydrogens (tertiary/aromatic N) is 1. The number of hydrazone groups is 1. The molecule has 0 fully saturated rings. The zero-order valence-electron chi connectivity index (χ0n) is 18.8. The zero-order valence-corrected chi connectivity index (χ0v) is 19.6. The maximum absolute atomic E-state index is 13.7. The summed E-state index contributed by atoms with van der Waals surface area (Å²) in [6.45, 7) is 3.96. The molecule has 0 spiro atoms. The first-order valence-electron chi connectivity index (χ1n) is 10.6. The predicted octanol–water partition coefficient (Wildman–Crippen LogP) is 3.26. The molecule has 0 bridgehead atoms. The smallest absolute Gasteiger partial charge is 0.329 e. The molecule has 182 valence electrons. The normalized spacial score (nSPS) is 10.6. The largest absolute Gasteiger partial charge is 0.490 e. The minimum Gasteiger partial charge on any atom is -0.490 e. The summed E-state index contributed by atoms with van der Waals surface area (Å²) in [5.74, 6) is -2.49. The predicted molar refractivity (Wildman–Crippen MR) is 127 cm³/mol. The third-order valence-electron chi connectivity index (χ3n) is 4.23. The summed E-state index contributed by atoms with van der Waals surface area (Å²) in [7, 11) is 0. The van der Waals surface area contributed by atoms with Crippen molar-refractivity contribution < 1.29 is 28.2 Å². The number of benzene rings is 2. The summed E-state index contributed by atoms with van der Waals surface area (Å²) in [5.41, 5.74) is 2.61. The molecule has 2 aromatic carbocycles. The summed E-state index contributed by atoms with van der Waals surface area (Å²) >= 11 is 6.29. The Balaban J connectivity index is 2.02. The second-order valence-corrected chi connectivity index (χ2v) is 7.30. The molecule has 0 saturated carbocycles. The molecule has 3 amide bonds. The fraction of sp³-hybridized carbons (Fsp3) is 0.304. The van der Waals surface area contributed by atoms with E-state index in [1.807, 2.05) is 6.92 Å². The highest BCUT2D eigenvalue weighted by molar-refractivity contribution is 6.35. The van der Waals surface area contributed by atoms with Crippen molar-refractivity contribution >= 4 is 41.2 Å². The number of ether oxygens (including phenoxy) is 2. The van der Waals surface area contributed by atoms with Crippen LogP contribution >= 0.6 is 11.6 Å². The molecule has 0 aliphatic heterocycles. The van der Waals surface area contributed by atoms with Crippen LogP contribution in [0.25, 0.3) is 0 Å². The van der Waals surface area contributed by atoms with Gasteiger partial charge in [0.25, 0.3) is 5.91 Å². The third-order valence-corrected chi connectivity index (χ3v) is 4.51. The molecule has 34 heavy (non-hydrogen) atoms. The molecular weight excluding hydrogens is 467 g/mol. The lowest BCUT2D eigenvalue weighted by molar-refractivity contribution is -0.139. The van der Waals surface area contributed by atoms with Crippen LogP contribution in [0.2, 0.25) is 5.02 Å². The molecule has 0 aliphatic rings. The number of hydrogen-bond acceptors (Lipinski definition) is 6. The molecule has 0 heterocycles. The number of hydrogen-bond donors (Lipinski definition) is 3. The average molecular weight is 493 g/mol. The van der Waals surface area contributed by atoms with E-state index in [4.69, 9.17) is 21.1 Å². The summed E-state index contributed by atoms with van der Waals surface area (Å²) in [4.78, 5) is 35.5. The number of para-hydroxylation sites is 1.